The van der Waals surface area contributed by atoms with Gasteiger partial charge in [-0.25, -0.2) is 4.39 Å². The maximum atomic E-state index is 13.7. The molecule has 0 aromatic heterocycles. The van der Waals surface area contributed by atoms with Crippen LogP contribution in [-0.2, 0) is 0 Å². The van der Waals surface area contributed by atoms with E-state index in [-0.39, 0.29) is 5.56 Å². The standard InChI is InChI=1S/C13H13FN2OS/c1-9-2-3-10(11(14)6-9)12(17)16-13(7-15)4-5-18-8-13/h2-3,6H,4-5,8H2,1H3,(H,16,17). The first kappa shape index (κ1) is 12.9. The Labute approximate surface area is 109 Å². The fourth-order valence-corrected chi connectivity index (χ4v) is 3.14. The van der Waals surface area contributed by atoms with Crippen molar-refractivity contribution in [2.24, 2.45) is 0 Å². The molecule has 1 atom stereocenters. The van der Waals surface area contributed by atoms with Gasteiger partial charge in [0.25, 0.3) is 5.91 Å². The number of halogens is 1. The Hall–Kier alpha value is -1.54. The first-order valence-electron chi connectivity index (χ1n) is 5.64. The largest absolute Gasteiger partial charge is 0.333 e. The summed E-state index contributed by atoms with van der Waals surface area (Å²) in [6, 6.07) is 6.58. The van der Waals surface area contributed by atoms with Crippen LogP contribution in [0.4, 0.5) is 4.39 Å². The fourth-order valence-electron chi connectivity index (χ4n) is 1.87. The molecular formula is C13H13FN2OS. The molecule has 1 aliphatic rings. The number of amides is 1. The number of thioether (sulfide) groups is 1. The van der Waals surface area contributed by atoms with Gasteiger partial charge in [0.1, 0.15) is 11.4 Å². The number of carbonyl (C=O) groups is 1. The van der Waals surface area contributed by atoms with Crippen molar-refractivity contribution in [2.45, 2.75) is 18.9 Å². The molecule has 0 saturated carbocycles. The zero-order valence-corrected chi connectivity index (χ0v) is 10.8. The summed E-state index contributed by atoms with van der Waals surface area (Å²) in [6.07, 6.45) is 0.605. The molecular weight excluding hydrogens is 251 g/mol. The predicted molar refractivity (Wildman–Crippen MR) is 68.9 cm³/mol. The molecule has 1 aromatic carbocycles. The van der Waals surface area contributed by atoms with Crippen molar-refractivity contribution in [1.29, 1.82) is 5.26 Å². The van der Waals surface area contributed by atoms with Crippen LogP contribution < -0.4 is 5.32 Å². The van der Waals surface area contributed by atoms with E-state index < -0.39 is 17.3 Å². The number of nitriles is 1. The third-order valence-corrected chi connectivity index (χ3v) is 4.15. The molecule has 1 amide bonds. The minimum absolute atomic E-state index is 0.00729. The molecule has 2 rings (SSSR count). The van der Waals surface area contributed by atoms with E-state index in [1.165, 1.54) is 12.1 Å². The lowest BCUT2D eigenvalue weighted by Crippen LogP contribution is -2.47. The van der Waals surface area contributed by atoms with Crippen molar-refractivity contribution in [2.75, 3.05) is 11.5 Å². The van der Waals surface area contributed by atoms with E-state index in [9.17, 15) is 9.18 Å². The molecule has 94 valence electrons. The van der Waals surface area contributed by atoms with Gasteiger partial charge in [0.05, 0.1) is 11.6 Å². The molecule has 5 heteroatoms. The van der Waals surface area contributed by atoms with Gasteiger partial charge >= 0.3 is 0 Å². The van der Waals surface area contributed by atoms with Crippen LogP contribution in [0.5, 0.6) is 0 Å². The molecule has 1 aromatic rings. The summed E-state index contributed by atoms with van der Waals surface area (Å²) in [7, 11) is 0. The number of hydrogen-bond acceptors (Lipinski definition) is 3. The van der Waals surface area contributed by atoms with Gasteiger partial charge in [-0.15, -0.1) is 0 Å². The van der Waals surface area contributed by atoms with E-state index >= 15 is 0 Å². The van der Waals surface area contributed by atoms with Gasteiger partial charge < -0.3 is 5.32 Å². The highest BCUT2D eigenvalue weighted by Gasteiger charge is 2.36. The molecule has 3 nitrogen and oxygen atoms in total. The SMILES string of the molecule is Cc1ccc(C(=O)NC2(C#N)CCSC2)c(F)c1. The molecule has 1 fully saturated rings. The van der Waals surface area contributed by atoms with Crippen LogP contribution in [0, 0.1) is 24.1 Å². The third-order valence-electron chi connectivity index (χ3n) is 2.96. The van der Waals surface area contributed by atoms with Crippen LogP contribution >= 0.6 is 11.8 Å². The molecule has 0 spiro atoms. The quantitative estimate of drug-likeness (QED) is 0.891. The summed E-state index contributed by atoms with van der Waals surface area (Å²) in [6.45, 7) is 1.76. The number of carbonyl (C=O) groups excluding carboxylic acids is 1. The Bertz CT molecular complexity index is 518. The molecule has 1 N–H and O–H groups in total. The zero-order valence-electron chi connectivity index (χ0n) is 10.00. The minimum atomic E-state index is -0.848. The molecule has 1 aliphatic heterocycles. The van der Waals surface area contributed by atoms with Crippen LogP contribution in [0.25, 0.3) is 0 Å². The van der Waals surface area contributed by atoms with Gasteiger partial charge in [-0.3, -0.25) is 4.79 Å². The van der Waals surface area contributed by atoms with Crippen LogP contribution in [0.1, 0.15) is 22.3 Å². The Morgan fingerprint density at radius 1 is 1.61 bits per heavy atom. The van der Waals surface area contributed by atoms with E-state index in [1.54, 1.807) is 24.8 Å². The Kier molecular flexibility index (Phi) is 3.58. The van der Waals surface area contributed by atoms with Crippen molar-refractivity contribution in [3.05, 3.63) is 35.1 Å². The number of rotatable bonds is 2. The summed E-state index contributed by atoms with van der Waals surface area (Å²) in [5.41, 5.74) is -0.0957. The second-order valence-corrected chi connectivity index (χ2v) is 5.54. The van der Waals surface area contributed by atoms with Crippen LogP contribution in [-0.4, -0.2) is 23.0 Å². The van der Waals surface area contributed by atoms with Crippen molar-refractivity contribution in [3.8, 4) is 6.07 Å². The molecule has 0 aliphatic carbocycles. The first-order valence-corrected chi connectivity index (χ1v) is 6.79. The van der Waals surface area contributed by atoms with Crippen molar-refractivity contribution in [3.63, 3.8) is 0 Å². The van der Waals surface area contributed by atoms with E-state index in [2.05, 4.69) is 11.4 Å². The normalized spacial score (nSPS) is 22.5. The fraction of sp³-hybridized carbons (Fsp3) is 0.385. The van der Waals surface area contributed by atoms with Crippen LogP contribution in [0.15, 0.2) is 18.2 Å². The summed E-state index contributed by atoms with van der Waals surface area (Å²) in [4.78, 5) is 12.0. The van der Waals surface area contributed by atoms with Gasteiger partial charge in [-0.05, 0) is 36.8 Å². The monoisotopic (exact) mass is 264 g/mol. The number of aryl methyl sites for hydroxylation is 1. The molecule has 18 heavy (non-hydrogen) atoms. The number of nitrogens with one attached hydrogen (secondary N) is 1. The predicted octanol–water partition coefficient (Wildman–Crippen LogP) is 2.26. The third kappa shape index (κ3) is 2.49. The van der Waals surface area contributed by atoms with Gasteiger partial charge in [-0.1, -0.05) is 6.07 Å². The second kappa shape index (κ2) is 4.99. The molecule has 0 bridgehead atoms. The Morgan fingerprint density at radius 2 is 2.39 bits per heavy atom. The Morgan fingerprint density at radius 3 is 2.94 bits per heavy atom. The van der Waals surface area contributed by atoms with Crippen molar-refractivity contribution in [1.82, 2.24) is 5.32 Å². The minimum Gasteiger partial charge on any atom is -0.333 e. The smallest absolute Gasteiger partial charge is 0.255 e. The maximum absolute atomic E-state index is 13.7. The molecule has 0 radical (unpaired) electrons. The molecule has 1 heterocycles. The second-order valence-electron chi connectivity index (χ2n) is 4.43. The van der Waals surface area contributed by atoms with E-state index in [1.807, 2.05) is 0 Å². The topological polar surface area (TPSA) is 52.9 Å². The Balaban J connectivity index is 2.19. The highest BCUT2D eigenvalue weighted by atomic mass is 32.2. The van der Waals surface area contributed by atoms with Gasteiger partial charge in [0.15, 0.2) is 0 Å². The molecule has 1 unspecified atom stereocenters. The summed E-state index contributed by atoms with van der Waals surface area (Å²) < 4.78 is 13.7. The summed E-state index contributed by atoms with van der Waals surface area (Å²) in [5.74, 6) is 0.329. The summed E-state index contributed by atoms with van der Waals surface area (Å²) in [5, 5.41) is 11.8. The van der Waals surface area contributed by atoms with E-state index in [0.717, 1.165) is 11.3 Å². The molecule has 1 saturated heterocycles. The zero-order chi connectivity index (χ0) is 13.2. The van der Waals surface area contributed by atoms with Crippen LogP contribution in [0.2, 0.25) is 0 Å². The van der Waals surface area contributed by atoms with Gasteiger partial charge in [0, 0.05) is 5.75 Å². The van der Waals surface area contributed by atoms with E-state index in [4.69, 9.17) is 5.26 Å². The van der Waals surface area contributed by atoms with Gasteiger partial charge in [-0.2, -0.15) is 17.0 Å². The maximum Gasteiger partial charge on any atom is 0.255 e. The highest BCUT2D eigenvalue weighted by molar-refractivity contribution is 7.99. The van der Waals surface area contributed by atoms with Gasteiger partial charge in [0.2, 0.25) is 0 Å². The van der Waals surface area contributed by atoms with Crippen molar-refractivity contribution < 1.29 is 9.18 Å². The number of benzene rings is 1. The number of nitrogens with zero attached hydrogens (tertiary/aromatic N) is 1. The van der Waals surface area contributed by atoms with Crippen molar-refractivity contribution >= 4 is 17.7 Å². The average Bonchev–Trinajstić information content (AvgIpc) is 2.78. The lowest BCUT2D eigenvalue weighted by molar-refractivity contribution is 0.0922. The highest BCUT2D eigenvalue weighted by Crippen LogP contribution is 2.27. The lowest BCUT2D eigenvalue weighted by atomic mass is 10.00. The van der Waals surface area contributed by atoms with E-state index in [0.29, 0.717) is 12.2 Å². The summed E-state index contributed by atoms with van der Waals surface area (Å²) >= 11 is 1.62. The average molecular weight is 264 g/mol. The lowest BCUT2D eigenvalue weighted by Gasteiger charge is -2.21. The number of hydrogen-bond donors (Lipinski definition) is 1. The first-order chi connectivity index (χ1) is 8.56. The van der Waals surface area contributed by atoms with Crippen LogP contribution in [0.3, 0.4) is 0 Å².